The number of hydrogen-bond donors (Lipinski definition) is 1. The maximum atomic E-state index is 8.95. The average molecular weight is 302 g/mol. The molecule has 0 amide bonds. The maximum absolute atomic E-state index is 8.95. The topological polar surface area (TPSA) is 57.9 Å². The molecule has 0 unspecified atom stereocenters. The minimum atomic E-state index is 0.280. The molecule has 0 atom stereocenters. The normalized spacial score (nSPS) is 10.0. The molecule has 1 aromatic carbocycles. The lowest BCUT2D eigenvalue weighted by Crippen LogP contribution is -2.04. The van der Waals surface area contributed by atoms with Crippen molar-refractivity contribution in [2.24, 2.45) is 0 Å². The number of ether oxygens (including phenoxy) is 1. The highest BCUT2D eigenvalue weighted by Crippen LogP contribution is 2.26. The van der Waals surface area contributed by atoms with Crippen molar-refractivity contribution in [3.8, 4) is 11.8 Å². The molecule has 4 nitrogen and oxygen atoms in total. The summed E-state index contributed by atoms with van der Waals surface area (Å²) in [5.74, 6) is 1.51. The van der Waals surface area contributed by atoms with E-state index >= 15 is 0 Å². The first-order valence-electron chi connectivity index (χ1n) is 6.52. The first-order valence-corrected chi connectivity index (χ1v) is 6.90. The highest BCUT2D eigenvalue weighted by Gasteiger charge is 2.09. The first kappa shape index (κ1) is 15.1. The Balaban J connectivity index is 2.23. The number of nitriles is 1. The van der Waals surface area contributed by atoms with Crippen LogP contribution in [0.4, 0.5) is 5.82 Å². The fourth-order valence-corrected chi connectivity index (χ4v) is 2.27. The Kier molecular flexibility index (Phi) is 4.66. The summed E-state index contributed by atoms with van der Waals surface area (Å²) >= 11 is 6.13. The molecule has 0 bridgehead atoms. The van der Waals surface area contributed by atoms with Crippen LogP contribution < -0.4 is 10.1 Å². The van der Waals surface area contributed by atoms with E-state index in [1.54, 1.807) is 25.2 Å². The Hall–Kier alpha value is -2.25. The number of aromatic nitrogens is 1. The van der Waals surface area contributed by atoms with Gasteiger partial charge < -0.3 is 10.1 Å². The van der Waals surface area contributed by atoms with Crippen molar-refractivity contribution in [2.45, 2.75) is 20.5 Å². The minimum Gasteiger partial charge on any atom is -0.487 e. The Labute approximate surface area is 129 Å². The third-order valence-corrected chi connectivity index (χ3v) is 3.46. The van der Waals surface area contributed by atoms with E-state index in [-0.39, 0.29) is 6.61 Å². The van der Waals surface area contributed by atoms with Crippen molar-refractivity contribution in [1.29, 1.82) is 5.26 Å². The minimum absolute atomic E-state index is 0.280. The van der Waals surface area contributed by atoms with E-state index in [9.17, 15) is 0 Å². The summed E-state index contributed by atoms with van der Waals surface area (Å²) in [6.45, 7) is 4.12. The third kappa shape index (κ3) is 3.45. The van der Waals surface area contributed by atoms with Crippen LogP contribution >= 0.6 is 11.6 Å². The molecule has 5 heteroatoms. The van der Waals surface area contributed by atoms with Gasteiger partial charge in [0.15, 0.2) is 0 Å². The molecule has 1 heterocycles. The summed E-state index contributed by atoms with van der Waals surface area (Å²) in [5.41, 5.74) is 3.15. The van der Waals surface area contributed by atoms with Crippen LogP contribution in [0.2, 0.25) is 5.02 Å². The monoisotopic (exact) mass is 301 g/mol. The molecule has 108 valence electrons. The van der Waals surface area contributed by atoms with Gasteiger partial charge in [0, 0.05) is 7.05 Å². The Morgan fingerprint density at radius 2 is 1.95 bits per heavy atom. The highest BCUT2D eigenvalue weighted by molar-refractivity contribution is 6.31. The van der Waals surface area contributed by atoms with Gasteiger partial charge in [0.05, 0.1) is 22.3 Å². The van der Waals surface area contributed by atoms with E-state index in [4.69, 9.17) is 21.6 Å². The van der Waals surface area contributed by atoms with Gasteiger partial charge in [-0.05, 0) is 49.2 Å². The van der Waals surface area contributed by atoms with Crippen molar-refractivity contribution in [3.05, 3.63) is 51.7 Å². The molecule has 2 rings (SSSR count). The van der Waals surface area contributed by atoms with Gasteiger partial charge in [-0.1, -0.05) is 11.6 Å². The molecule has 2 aromatic rings. The van der Waals surface area contributed by atoms with Crippen molar-refractivity contribution < 1.29 is 4.74 Å². The highest BCUT2D eigenvalue weighted by atomic mass is 35.5. The fraction of sp³-hybridized carbons (Fsp3) is 0.250. The van der Waals surface area contributed by atoms with Gasteiger partial charge in [0.25, 0.3) is 0 Å². The van der Waals surface area contributed by atoms with Crippen molar-refractivity contribution in [2.75, 3.05) is 12.4 Å². The predicted molar refractivity (Wildman–Crippen MR) is 83.8 cm³/mol. The molecular weight excluding hydrogens is 286 g/mol. The van der Waals surface area contributed by atoms with E-state index in [0.717, 1.165) is 22.7 Å². The molecule has 0 aliphatic rings. The van der Waals surface area contributed by atoms with E-state index < -0.39 is 0 Å². The van der Waals surface area contributed by atoms with Gasteiger partial charge in [-0.2, -0.15) is 5.26 Å². The zero-order chi connectivity index (χ0) is 15.4. The molecule has 0 fully saturated rings. The first-order chi connectivity index (χ1) is 10.0. The van der Waals surface area contributed by atoms with Crippen molar-refractivity contribution in [3.63, 3.8) is 0 Å². The average Bonchev–Trinajstić information content (AvgIpc) is 2.47. The SMILES string of the molecule is CNc1ccc(Cl)c(COc2c(C)cc(C#N)cc2C)n1. The van der Waals surface area contributed by atoms with Crippen LogP contribution in [-0.4, -0.2) is 12.0 Å². The molecule has 0 radical (unpaired) electrons. The molecule has 21 heavy (non-hydrogen) atoms. The summed E-state index contributed by atoms with van der Waals surface area (Å²) in [6.07, 6.45) is 0. The maximum Gasteiger partial charge on any atom is 0.132 e. The number of hydrogen-bond acceptors (Lipinski definition) is 4. The lowest BCUT2D eigenvalue weighted by molar-refractivity contribution is 0.297. The number of rotatable bonds is 4. The summed E-state index contributed by atoms with van der Waals surface area (Å²) < 4.78 is 5.85. The molecule has 0 saturated heterocycles. The van der Waals surface area contributed by atoms with Gasteiger partial charge in [0.2, 0.25) is 0 Å². The standard InChI is InChI=1S/C16H16ClN3O/c1-10-6-12(8-18)7-11(2)16(10)21-9-14-13(17)4-5-15(19-3)20-14/h4-7H,9H2,1-3H3,(H,19,20). The van der Waals surface area contributed by atoms with Crippen LogP contribution in [0.25, 0.3) is 0 Å². The van der Waals surface area contributed by atoms with Gasteiger partial charge in [-0.3, -0.25) is 0 Å². The molecule has 0 aliphatic heterocycles. The zero-order valence-corrected chi connectivity index (χ0v) is 13.0. The van der Waals surface area contributed by atoms with E-state index in [1.807, 2.05) is 19.9 Å². The molecule has 0 aliphatic carbocycles. The Bertz CT molecular complexity index is 684. The van der Waals surface area contributed by atoms with E-state index in [2.05, 4.69) is 16.4 Å². The van der Waals surface area contributed by atoms with Crippen LogP contribution in [0.5, 0.6) is 5.75 Å². The lowest BCUT2D eigenvalue weighted by atomic mass is 10.1. The van der Waals surface area contributed by atoms with Crippen molar-refractivity contribution >= 4 is 17.4 Å². The van der Waals surface area contributed by atoms with Crippen LogP contribution in [0.15, 0.2) is 24.3 Å². The van der Waals surface area contributed by atoms with Crippen LogP contribution in [0.3, 0.4) is 0 Å². The molecule has 1 aromatic heterocycles. The summed E-state index contributed by atoms with van der Waals surface area (Å²) in [6, 6.07) is 9.35. The fourth-order valence-electron chi connectivity index (χ4n) is 2.11. The predicted octanol–water partition coefficient (Wildman–Crippen LogP) is 3.84. The van der Waals surface area contributed by atoms with E-state index in [0.29, 0.717) is 16.3 Å². The number of anilines is 1. The lowest BCUT2D eigenvalue weighted by Gasteiger charge is -2.13. The number of aryl methyl sites for hydroxylation is 2. The number of halogens is 1. The molecular formula is C16H16ClN3O. The van der Waals surface area contributed by atoms with Crippen molar-refractivity contribution in [1.82, 2.24) is 4.98 Å². The van der Waals surface area contributed by atoms with Gasteiger partial charge in [0.1, 0.15) is 18.2 Å². The summed E-state index contributed by atoms with van der Waals surface area (Å²) in [7, 11) is 1.80. The molecule has 1 N–H and O–H groups in total. The van der Waals surface area contributed by atoms with Gasteiger partial charge in [-0.15, -0.1) is 0 Å². The van der Waals surface area contributed by atoms with Crippen LogP contribution in [-0.2, 0) is 6.61 Å². The quantitative estimate of drug-likeness (QED) is 0.932. The molecule has 0 spiro atoms. The Morgan fingerprint density at radius 1 is 1.29 bits per heavy atom. The summed E-state index contributed by atoms with van der Waals surface area (Å²) in [5, 5.41) is 12.5. The van der Waals surface area contributed by atoms with Gasteiger partial charge in [-0.25, -0.2) is 4.98 Å². The summed E-state index contributed by atoms with van der Waals surface area (Å²) in [4.78, 5) is 4.38. The third-order valence-electron chi connectivity index (χ3n) is 3.12. The van der Waals surface area contributed by atoms with Gasteiger partial charge >= 0.3 is 0 Å². The second-order valence-electron chi connectivity index (χ2n) is 4.71. The number of benzene rings is 1. The largest absolute Gasteiger partial charge is 0.487 e. The zero-order valence-electron chi connectivity index (χ0n) is 12.2. The second-order valence-corrected chi connectivity index (χ2v) is 5.12. The number of nitrogens with one attached hydrogen (secondary N) is 1. The second kappa shape index (κ2) is 6.47. The number of pyridine rings is 1. The smallest absolute Gasteiger partial charge is 0.132 e. The number of nitrogens with zero attached hydrogens (tertiary/aromatic N) is 2. The Morgan fingerprint density at radius 3 is 2.52 bits per heavy atom. The van der Waals surface area contributed by atoms with E-state index in [1.165, 1.54) is 0 Å². The van der Waals surface area contributed by atoms with Crippen LogP contribution in [0, 0.1) is 25.2 Å². The molecule has 0 saturated carbocycles. The van der Waals surface area contributed by atoms with Crippen LogP contribution in [0.1, 0.15) is 22.4 Å².